The lowest BCUT2D eigenvalue weighted by molar-refractivity contribution is -0.154. The second-order valence-electron chi connectivity index (χ2n) is 7.42. The molecule has 21 heavy (non-hydrogen) atoms. The van der Waals surface area contributed by atoms with Crippen LogP contribution in [0.4, 0.5) is 0 Å². The van der Waals surface area contributed by atoms with Crippen LogP contribution in [0.2, 0.25) is 0 Å². The zero-order chi connectivity index (χ0) is 14.9. The number of carboxylic acid groups (broad SMARTS) is 1. The number of rotatable bonds is 4. The molecule has 0 bridgehead atoms. The van der Waals surface area contributed by atoms with E-state index in [1.807, 2.05) is 0 Å². The van der Waals surface area contributed by atoms with E-state index < -0.39 is 11.4 Å². The number of aliphatic carboxylic acids is 1. The van der Waals surface area contributed by atoms with Gasteiger partial charge in [0.25, 0.3) is 0 Å². The number of carboxylic acids is 1. The molecule has 3 aliphatic heterocycles. The molecule has 0 aliphatic carbocycles. The number of piperidine rings is 2. The molecule has 0 saturated carbocycles. The molecular formula is C17H30N2O2. The zero-order valence-corrected chi connectivity index (χ0v) is 13.4. The van der Waals surface area contributed by atoms with Gasteiger partial charge >= 0.3 is 5.97 Å². The third-order valence-corrected chi connectivity index (χ3v) is 6.10. The number of hydrogen-bond acceptors (Lipinski definition) is 3. The molecule has 0 aromatic rings. The van der Waals surface area contributed by atoms with Crippen LogP contribution in [0.5, 0.6) is 0 Å². The highest BCUT2D eigenvalue weighted by atomic mass is 16.4. The first-order chi connectivity index (χ1) is 10.1. The van der Waals surface area contributed by atoms with Crippen molar-refractivity contribution >= 4 is 5.97 Å². The summed E-state index contributed by atoms with van der Waals surface area (Å²) < 4.78 is 0. The highest BCUT2D eigenvalue weighted by Gasteiger charge is 2.44. The van der Waals surface area contributed by atoms with Crippen LogP contribution < -0.4 is 0 Å². The van der Waals surface area contributed by atoms with Crippen LogP contribution >= 0.6 is 0 Å². The molecule has 3 unspecified atom stereocenters. The summed E-state index contributed by atoms with van der Waals surface area (Å²) in [5.74, 6) is -0.563. The average Bonchev–Trinajstić information content (AvgIpc) is 2.95. The predicted molar refractivity (Wildman–Crippen MR) is 83.4 cm³/mol. The number of nitrogens with zero attached hydrogens (tertiary/aromatic N) is 2. The summed E-state index contributed by atoms with van der Waals surface area (Å²) >= 11 is 0. The number of fused-ring (bicyclic) bond motifs is 1. The highest BCUT2D eigenvalue weighted by molar-refractivity contribution is 5.75. The Kier molecular flexibility index (Phi) is 4.55. The molecule has 3 heterocycles. The lowest BCUT2D eigenvalue weighted by Crippen LogP contribution is -2.54. The molecule has 4 nitrogen and oxygen atoms in total. The zero-order valence-electron chi connectivity index (χ0n) is 13.4. The van der Waals surface area contributed by atoms with Gasteiger partial charge in [-0.15, -0.1) is 0 Å². The molecule has 3 saturated heterocycles. The van der Waals surface area contributed by atoms with Crippen molar-refractivity contribution in [3.63, 3.8) is 0 Å². The summed E-state index contributed by atoms with van der Waals surface area (Å²) in [4.78, 5) is 17.0. The summed E-state index contributed by atoms with van der Waals surface area (Å²) in [6.45, 7) is 6.51. The Morgan fingerprint density at radius 2 is 1.90 bits per heavy atom. The maximum atomic E-state index is 11.8. The monoisotopic (exact) mass is 294 g/mol. The van der Waals surface area contributed by atoms with Crippen molar-refractivity contribution in [3.8, 4) is 0 Å². The van der Waals surface area contributed by atoms with E-state index in [2.05, 4.69) is 16.7 Å². The third kappa shape index (κ3) is 2.98. The van der Waals surface area contributed by atoms with Crippen molar-refractivity contribution in [3.05, 3.63) is 0 Å². The minimum atomic E-state index is -0.563. The van der Waals surface area contributed by atoms with Gasteiger partial charge in [-0.05, 0) is 64.6 Å². The van der Waals surface area contributed by atoms with E-state index in [1.165, 1.54) is 38.8 Å². The van der Waals surface area contributed by atoms with Gasteiger partial charge in [-0.1, -0.05) is 13.3 Å². The molecular weight excluding hydrogens is 264 g/mol. The van der Waals surface area contributed by atoms with E-state index in [9.17, 15) is 9.90 Å². The first-order valence-electron chi connectivity index (χ1n) is 8.86. The van der Waals surface area contributed by atoms with Gasteiger partial charge in [0, 0.05) is 18.6 Å². The third-order valence-electron chi connectivity index (χ3n) is 6.10. The van der Waals surface area contributed by atoms with Gasteiger partial charge in [0.1, 0.15) is 0 Å². The lowest BCUT2D eigenvalue weighted by atomic mass is 9.75. The fraction of sp³-hybridized carbons (Fsp3) is 0.941. The van der Waals surface area contributed by atoms with Crippen molar-refractivity contribution < 1.29 is 9.90 Å². The minimum Gasteiger partial charge on any atom is -0.481 e. The smallest absolute Gasteiger partial charge is 0.310 e. The Hall–Kier alpha value is -0.610. The summed E-state index contributed by atoms with van der Waals surface area (Å²) in [6, 6.07) is 1.40. The molecule has 120 valence electrons. The Labute approximate surface area is 128 Å². The van der Waals surface area contributed by atoms with Gasteiger partial charge in [-0.3, -0.25) is 9.69 Å². The van der Waals surface area contributed by atoms with E-state index >= 15 is 0 Å². The van der Waals surface area contributed by atoms with Crippen LogP contribution in [0, 0.1) is 5.41 Å². The lowest BCUT2D eigenvalue weighted by Gasteiger charge is -2.47. The van der Waals surface area contributed by atoms with E-state index in [1.54, 1.807) is 0 Å². The van der Waals surface area contributed by atoms with Crippen molar-refractivity contribution in [2.45, 2.75) is 70.4 Å². The molecule has 0 amide bonds. The Morgan fingerprint density at radius 1 is 1.14 bits per heavy atom. The standard InChI is InChI=1S/C17H30N2O2/c1-2-7-17(16(20)21)8-4-10-19(13-17)15-6-11-18-9-3-5-14(18)12-15/h14-15H,2-13H2,1H3,(H,20,21). The van der Waals surface area contributed by atoms with Crippen LogP contribution in [0.15, 0.2) is 0 Å². The maximum Gasteiger partial charge on any atom is 0.310 e. The molecule has 4 heteroatoms. The van der Waals surface area contributed by atoms with Crippen LogP contribution in [-0.2, 0) is 4.79 Å². The topological polar surface area (TPSA) is 43.8 Å². The van der Waals surface area contributed by atoms with E-state index in [0.717, 1.165) is 44.8 Å². The summed E-state index contributed by atoms with van der Waals surface area (Å²) in [6.07, 6.45) is 8.93. The molecule has 0 spiro atoms. The van der Waals surface area contributed by atoms with Crippen molar-refractivity contribution in [2.75, 3.05) is 26.2 Å². The predicted octanol–water partition coefficient (Wildman–Crippen LogP) is 2.58. The normalized spacial score (nSPS) is 38.3. The minimum absolute atomic E-state index is 0.472. The quantitative estimate of drug-likeness (QED) is 0.865. The Bertz CT molecular complexity index is 383. The molecule has 3 atom stereocenters. The van der Waals surface area contributed by atoms with Gasteiger partial charge < -0.3 is 10.0 Å². The largest absolute Gasteiger partial charge is 0.481 e. The number of carbonyl (C=O) groups is 1. The first-order valence-corrected chi connectivity index (χ1v) is 8.86. The Balaban J connectivity index is 1.66. The van der Waals surface area contributed by atoms with E-state index in [4.69, 9.17) is 0 Å². The first kappa shape index (κ1) is 15.3. The molecule has 3 rings (SSSR count). The van der Waals surface area contributed by atoms with Gasteiger partial charge in [0.2, 0.25) is 0 Å². The van der Waals surface area contributed by atoms with Gasteiger partial charge in [0.15, 0.2) is 0 Å². The van der Waals surface area contributed by atoms with Gasteiger partial charge in [-0.2, -0.15) is 0 Å². The van der Waals surface area contributed by atoms with Crippen molar-refractivity contribution in [1.82, 2.24) is 9.80 Å². The van der Waals surface area contributed by atoms with Crippen molar-refractivity contribution in [2.24, 2.45) is 5.41 Å². The second kappa shape index (κ2) is 6.25. The fourth-order valence-corrected chi connectivity index (χ4v) is 4.98. The van der Waals surface area contributed by atoms with Crippen molar-refractivity contribution in [1.29, 1.82) is 0 Å². The van der Waals surface area contributed by atoms with E-state index in [-0.39, 0.29) is 0 Å². The van der Waals surface area contributed by atoms with Gasteiger partial charge in [0.05, 0.1) is 5.41 Å². The summed E-state index contributed by atoms with van der Waals surface area (Å²) in [5, 5.41) is 9.75. The van der Waals surface area contributed by atoms with Crippen LogP contribution in [-0.4, -0.2) is 59.1 Å². The summed E-state index contributed by atoms with van der Waals surface area (Å²) in [7, 11) is 0. The molecule has 3 fully saturated rings. The fourth-order valence-electron chi connectivity index (χ4n) is 4.98. The Morgan fingerprint density at radius 3 is 2.67 bits per heavy atom. The molecule has 0 aromatic heterocycles. The molecule has 1 N–H and O–H groups in total. The average molecular weight is 294 g/mol. The molecule has 3 aliphatic rings. The highest BCUT2D eigenvalue weighted by Crippen LogP contribution is 2.38. The van der Waals surface area contributed by atoms with Crippen LogP contribution in [0.3, 0.4) is 0 Å². The van der Waals surface area contributed by atoms with Crippen LogP contribution in [0.25, 0.3) is 0 Å². The molecule has 0 radical (unpaired) electrons. The number of hydrogen-bond donors (Lipinski definition) is 1. The number of likely N-dealkylation sites (tertiary alicyclic amines) is 1. The molecule has 0 aromatic carbocycles. The maximum absolute atomic E-state index is 11.8. The SMILES string of the molecule is CCCC1(C(=O)O)CCCN(C2CCN3CCCC3C2)C1. The van der Waals surface area contributed by atoms with Crippen LogP contribution in [0.1, 0.15) is 58.3 Å². The van der Waals surface area contributed by atoms with Gasteiger partial charge in [-0.25, -0.2) is 0 Å². The second-order valence-corrected chi connectivity index (χ2v) is 7.42. The summed E-state index contributed by atoms with van der Waals surface area (Å²) in [5.41, 5.74) is -0.472. The van der Waals surface area contributed by atoms with E-state index in [0.29, 0.717) is 6.04 Å².